The Kier molecular flexibility index (Phi) is 6.13. The van der Waals surface area contributed by atoms with Gasteiger partial charge in [-0.2, -0.15) is 0 Å². The number of hydrogen-bond donors (Lipinski definition) is 1. The predicted molar refractivity (Wildman–Crippen MR) is 114 cm³/mol. The highest BCUT2D eigenvalue weighted by Gasteiger charge is 2.25. The normalized spacial score (nSPS) is 10.7. The molecular weight excluding hydrogens is 389 g/mol. The maximum Gasteiger partial charge on any atom is 0.341 e. The fraction of sp³-hybridized carbons (Fsp3) is 0.217. The summed E-state index contributed by atoms with van der Waals surface area (Å²) in [5.41, 5.74) is 4.24. The molecule has 0 aliphatic carbocycles. The lowest BCUT2D eigenvalue weighted by Gasteiger charge is -2.10. The third-order valence-corrected chi connectivity index (χ3v) is 5.71. The Morgan fingerprint density at radius 1 is 1.03 bits per heavy atom. The zero-order valence-corrected chi connectivity index (χ0v) is 17.6. The maximum atomic E-state index is 13.4. The highest BCUT2D eigenvalue weighted by atomic mass is 32.1. The number of rotatable bonds is 5. The van der Waals surface area contributed by atoms with Crippen molar-refractivity contribution < 1.29 is 18.7 Å². The van der Waals surface area contributed by atoms with Crippen LogP contribution >= 0.6 is 11.3 Å². The van der Waals surface area contributed by atoms with Gasteiger partial charge in [-0.15, -0.1) is 11.3 Å². The fourth-order valence-corrected chi connectivity index (χ4v) is 4.11. The topological polar surface area (TPSA) is 55.4 Å². The molecule has 0 atom stereocenters. The summed E-state index contributed by atoms with van der Waals surface area (Å²) in [6.45, 7) is 7.71. The molecule has 0 fully saturated rings. The van der Waals surface area contributed by atoms with Gasteiger partial charge in [0.15, 0.2) is 0 Å². The molecule has 29 heavy (non-hydrogen) atoms. The Morgan fingerprint density at radius 3 is 2.34 bits per heavy atom. The third kappa shape index (κ3) is 4.38. The minimum absolute atomic E-state index is 0.209. The smallest absolute Gasteiger partial charge is 0.341 e. The molecular formula is C23H22FNO3S. The number of nitrogens with one attached hydrogen (secondary N) is 1. The Morgan fingerprint density at radius 2 is 1.72 bits per heavy atom. The second-order valence-corrected chi connectivity index (χ2v) is 7.94. The van der Waals surface area contributed by atoms with Gasteiger partial charge in [-0.25, -0.2) is 9.18 Å². The van der Waals surface area contributed by atoms with Crippen molar-refractivity contribution in [3.63, 3.8) is 0 Å². The van der Waals surface area contributed by atoms with Gasteiger partial charge < -0.3 is 10.1 Å². The van der Waals surface area contributed by atoms with Crippen LogP contribution in [0.1, 0.15) is 43.6 Å². The minimum atomic E-state index is -0.522. The van der Waals surface area contributed by atoms with Gasteiger partial charge in [0.2, 0.25) is 0 Å². The highest BCUT2D eigenvalue weighted by Crippen LogP contribution is 2.40. The molecule has 0 bridgehead atoms. The summed E-state index contributed by atoms with van der Waals surface area (Å²) in [5.74, 6) is -1.18. The van der Waals surface area contributed by atoms with Gasteiger partial charge in [0.05, 0.1) is 6.61 Å². The molecule has 6 heteroatoms. The number of hydrogen-bond acceptors (Lipinski definition) is 4. The molecule has 0 aliphatic heterocycles. The van der Waals surface area contributed by atoms with E-state index in [4.69, 9.17) is 4.74 Å². The van der Waals surface area contributed by atoms with E-state index in [0.29, 0.717) is 21.7 Å². The van der Waals surface area contributed by atoms with Crippen molar-refractivity contribution in [3.05, 3.63) is 75.4 Å². The van der Waals surface area contributed by atoms with Gasteiger partial charge in [-0.05, 0) is 68.7 Å². The van der Waals surface area contributed by atoms with E-state index < -0.39 is 5.97 Å². The number of esters is 1. The predicted octanol–water partition coefficient (Wildman–Crippen LogP) is 5.91. The molecule has 3 rings (SSSR count). The zero-order valence-electron chi connectivity index (χ0n) is 16.8. The Labute approximate surface area is 173 Å². The van der Waals surface area contributed by atoms with E-state index in [1.54, 1.807) is 25.1 Å². The van der Waals surface area contributed by atoms with Crippen LogP contribution in [0.5, 0.6) is 0 Å². The summed E-state index contributed by atoms with van der Waals surface area (Å²) in [6, 6.07) is 11.4. The monoisotopic (exact) mass is 411 g/mol. The van der Waals surface area contributed by atoms with Crippen LogP contribution in [0.15, 0.2) is 42.5 Å². The third-order valence-electron chi connectivity index (χ3n) is 4.69. The summed E-state index contributed by atoms with van der Waals surface area (Å²) >= 11 is 1.30. The quantitative estimate of drug-likeness (QED) is 0.531. The summed E-state index contributed by atoms with van der Waals surface area (Å²) in [6.07, 6.45) is 0. The fourth-order valence-electron chi connectivity index (χ4n) is 3.05. The van der Waals surface area contributed by atoms with Crippen LogP contribution in [0.4, 0.5) is 9.39 Å². The largest absolute Gasteiger partial charge is 0.462 e. The molecule has 0 spiro atoms. The number of amides is 1. The van der Waals surface area contributed by atoms with Crippen LogP contribution in [-0.2, 0) is 4.74 Å². The van der Waals surface area contributed by atoms with E-state index in [2.05, 4.69) is 5.32 Å². The van der Waals surface area contributed by atoms with Gasteiger partial charge in [0.25, 0.3) is 5.91 Å². The van der Waals surface area contributed by atoms with E-state index in [9.17, 15) is 14.0 Å². The molecule has 4 nitrogen and oxygen atoms in total. The van der Waals surface area contributed by atoms with Crippen molar-refractivity contribution >= 4 is 28.2 Å². The molecule has 3 aromatic rings. The van der Waals surface area contributed by atoms with E-state index in [-0.39, 0.29) is 23.9 Å². The summed E-state index contributed by atoms with van der Waals surface area (Å²) in [4.78, 5) is 26.4. The molecule has 0 radical (unpaired) electrons. The van der Waals surface area contributed by atoms with Gasteiger partial charge in [-0.3, -0.25) is 4.79 Å². The highest BCUT2D eigenvalue weighted by molar-refractivity contribution is 7.17. The van der Waals surface area contributed by atoms with Crippen LogP contribution < -0.4 is 5.32 Å². The first-order chi connectivity index (χ1) is 13.8. The number of ether oxygens (including phenoxy) is 1. The molecule has 0 saturated heterocycles. The number of aryl methyl sites for hydroxylation is 3. The van der Waals surface area contributed by atoms with E-state index >= 15 is 0 Å². The van der Waals surface area contributed by atoms with Crippen LogP contribution in [-0.4, -0.2) is 18.5 Å². The van der Waals surface area contributed by atoms with E-state index in [1.807, 2.05) is 32.9 Å². The molecule has 1 aromatic heterocycles. The summed E-state index contributed by atoms with van der Waals surface area (Å²) < 4.78 is 18.6. The van der Waals surface area contributed by atoms with E-state index in [1.165, 1.54) is 23.5 Å². The second kappa shape index (κ2) is 8.57. The van der Waals surface area contributed by atoms with Gasteiger partial charge in [-0.1, -0.05) is 18.2 Å². The van der Waals surface area contributed by atoms with Crippen LogP contribution in [0.3, 0.4) is 0 Å². The maximum absolute atomic E-state index is 13.4. The average molecular weight is 411 g/mol. The molecule has 0 unspecified atom stereocenters. The standard InChI is InChI=1S/C23H22FNO3S/c1-5-28-23(27)20-19(16-8-10-18(24)11-9-16)15(4)29-22(20)25-21(26)17-7-6-13(2)14(3)12-17/h6-12H,5H2,1-4H3,(H,25,26). The lowest BCUT2D eigenvalue weighted by molar-refractivity contribution is 0.0529. The second-order valence-electron chi connectivity index (χ2n) is 6.72. The molecule has 150 valence electrons. The van der Waals surface area contributed by atoms with Crippen molar-refractivity contribution in [2.24, 2.45) is 0 Å². The van der Waals surface area contributed by atoms with Crippen molar-refractivity contribution in [2.45, 2.75) is 27.7 Å². The van der Waals surface area contributed by atoms with Crippen molar-refractivity contribution in [1.82, 2.24) is 0 Å². The Bertz CT molecular complexity index is 1070. The average Bonchev–Trinajstić information content (AvgIpc) is 3.00. The Hall–Kier alpha value is -2.99. The number of carbonyl (C=O) groups excluding carboxylic acids is 2. The van der Waals surface area contributed by atoms with E-state index in [0.717, 1.165) is 16.0 Å². The summed E-state index contributed by atoms with van der Waals surface area (Å²) in [5, 5.41) is 3.28. The Balaban J connectivity index is 2.05. The first kappa shape index (κ1) is 20.7. The number of anilines is 1. The van der Waals surface area contributed by atoms with Crippen molar-refractivity contribution in [3.8, 4) is 11.1 Å². The van der Waals surface area contributed by atoms with Gasteiger partial charge >= 0.3 is 5.97 Å². The van der Waals surface area contributed by atoms with Crippen molar-refractivity contribution in [2.75, 3.05) is 11.9 Å². The molecule has 1 N–H and O–H groups in total. The SMILES string of the molecule is CCOC(=O)c1c(NC(=O)c2ccc(C)c(C)c2)sc(C)c1-c1ccc(F)cc1. The number of thiophene rings is 1. The first-order valence-electron chi connectivity index (χ1n) is 9.26. The zero-order chi connectivity index (χ0) is 21.1. The van der Waals surface area contributed by atoms with Gasteiger partial charge in [0, 0.05) is 16.0 Å². The number of halogens is 1. The van der Waals surface area contributed by atoms with Crippen LogP contribution in [0, 0.1) is 26.6 Å². The van der Waals surface area contributed by atoms with Crippen LogP contribution in [0.2, 0.25) is 0 Å². The minimum Gasteiger partial charge on any atom is -0.462 e. The van der Waals surface area contributed by atoms with Crippen LogP contribution in [0.25, 0.3) is 11.1 Å². The molecule has 0 saturated carbocycles. The van der Waals surface area contributed by atoms with Crippen molar-refractivity contribution in [1.29, 1.82) is 0 Å². The first-order valence-corrected chi connectivity index (χ1v) is 10.1. The van der Waals surface area contributed by atoms with Gasteiger partial charge in [0.1, 0.15) is 16.4 Å². The number of benzene rings is 2. The summed E-state index contributed by atoms with van der Waals surface area (Å²) in [7, 11) is 0. The molecule has 0 aliphatic rings. The lowest BCUT2D eigenvalue weighted by atomic mass is 10.0. The molecule has 2 aromatic carbocycles. The molecule has 1 amide bonds. The lowest BCUT2D eigenvalue weighted by Crippen LogP contribution is -2.15. The molecule has 1 heterocycles. The number of carbonyl (C=O) groups is 2.